The monoisotopic (exact) mass is 283 g/mol. The number of amides is 1. The maximum absolute atomic E-state index is 12.2. The van der Waals surface area contributed by atoms with Crippen LogP contribution in [-0.4, -0.2) is 43.4 Å². The molecular formula is C16H29NO3. The van der Waals surface area contributed by atoms with Crippen molar-refractivity contribution in [3.63, 3.8) is 0 Å². The van der Waals surface area contributed by atoms with Gasteiger partial charge in [0.1, 0.15) is 0 Å². The summed E-state index contributed by atoms with van der Waals surface area (Å²) in [7, 11) is 0. The molecule has 4 nitrogen and oxygen atoms in total. The van der Waals surface area contributed by atoms with Crippen LogP contribution < -0.4 is 0 Å². The van der Waals surface area contributed by atoms with Crippen molar-refractivity contribution in [1.29, 1.82) is 0 Å². The van der Waals surface area contributed by atoms with Crippen LogP contribution in [0.15, 0.2) is 0 Å². The normalized spacial score (nSPS) is 26.6. The average molecular weight is 283 g/mol. The number of likely N-dealkylation sites (tertiary alicyclic amines) is 1. The molecule has 20 heavy (non-hydrogen) atoms. The standard InChI is InChI=1S/C16H29NO3/c1-16(2,3)13-5-6-14(18)17(9-7-13)10-8-15-19-11-4-12-20-15/h13,15H,4-12H2,1-3H3. The van der Waals surface area contributed by atoms with E-state index < -0.39 is 0 Å². The van der Waals surface area contributed by atoms with Crippen molar-refractivity contribution in [2.45, 2.75) is 59.2 Å². The first-order valence-corrected chi connectivity index (χ1v) is 7.98. The second-order valence-electron chi connectivity index (χ2n) is 7.08. The van der Waals surface area contributed by atoms with E-state index in [2.05, 4.69) is 20.8 Å². The largest absolute Gasteiger partial charge is 0.353 e. The van der Waals surface area contributed by atoms with Crippen LogP contribution in [-0.2, 0) is 14.3 Å². The Balaban J connectivity index is 1.80. The zero-order valence-electron chi connectivity index (χ0n) is 13.2. The van der Waals surface area contributed by atoms with E-state index in [9.17, 15) is 4.79 Å². The van der Waals surface area contributed by atoms with E-state index in [0.717, 1.165) is 52.0 Å². The first-order valence-electron chi connectivity index (χ1n) is 7.98. The molecule has 0 saturated carbocycles. The van der Waals surface area contributed by atoms with E-state index in [1.54, 1.807) is 0 Å². The number of carbonyl (C=O) groups excluding carboxylic acids is 1. The second-order valence-corrected chi connectivity index (χ2v) is 7.08. The Morgan fingerprint density at radius 1 is 1.20 bits per heavy atom. The van der Waals surface area contributed by atoms with E-state index in [-0.39, 0.29) is 6.29 Å². The molecule has 2 aliphatic heterocycles. The van der Waals surface area contributed by atoms with Gasteiger partial charge in [-0.05, 0) is 30.6 Å². The van der Waals surface area contributed by atoms with Crippen molar-refractivity contribution in [2.75, 3.05) is 26.3 Å². The van der Waals surface area contributed by atoms with Gasteiger partial charge in [0.15, 0.2) is 6.29 Å². The molecule has 2 rings (SSSR count). The molecule has 0 radical (unpaired) electrons. The fraction of sp³-hybridized carbons (Fsp3) is 0.938. The van der Waals surface area contributed by atoms with Crippen LogP contribution in [0.3, 0.4) is 0 Å². The Morgan fingerprint density at radius 3 is 2.55 bits per heavy atom. The quantitative estimate of drug-likeness (QED) is 0.799. The smallest absolute Gasteiger partial charge is 0.222 e. The van der Waals surface area contributed by atoms with Crippen LogP contribution in [0.2, 0.25) is 0 Å². The molecule has 1 unspecified atom stereocenters. The summed E-state index contributed by atoms with van der Waals surface area (Å²) in [6, 6.07) is 0. The van der Waals surface area contributed by atoms with Crippen LogP contribution in [0.25, 0.3) is 0 Å². The van der Waals surface area contributed by atoms with E-state index in [1.165, 1.54) is 0 Å². The van der Waals surface area contributed by atoms with Gasteiger partial charge in [-0.3, -0.25) is 4.79 Å². The fourth-order valence-corrected chi connectivity index (χ4v) is 3.10. The highest BCUT2D eigenvalue weighted by molar-refractivity contribution is 5.76. The summed E-state index contributed by atoms with van der Waals surface area (Å²) in [5.41, 5.74) is 0.298. The molecule has 4 heteroatoms. The minimum Gasteiger partial charge on any atom is -0.353 e. The molecular weight excluding hydrogens is 254 g/mol. The van der Waals surface area contributed by atoms with Gasteiger partial charge in [-0.1, -0.05) is 20.8 Å². The summed E-state index contributed by atoms with van der Waals surface area (Å²) in [6.07, 6.45) is 4.49. The van der Waals surface area contributed by atoms with Crippen molar-refractivity contribution in [1.82, 2.24) is 4.90 Å². The summed E-state index contributed by atoms with van der Waals surface area (Å²) >= 11 is 0. The summed E-state index contributed by atoms with van der Waals surface area (Å²) in [5.74, 6) is 0.936. The van der Waals surface area contributed by atoms with E-state index in [1.807, 2.05) is 4.90 Å². The lowest BCUT2D eigenvalue weighted by molar-refractivity contribution is -0.183. The van der Waals surface area contributed by atoms with E-state index in [0.29, 0.717) is 23.7 Å². The maximum Gasteiger partial charge on any atom is 0.222 e. The van der Waals surface area contributed by atoms with Crippen LogP contribution in [0.4, 0.5) is 0 Å². The Hall–Kier alpha value is -0.610. The van der Waals surface area contributed by atoms with Gasteiger partial charge in [0.25, 0.3) is 0 Å². The van der Waals surface area contributed by atoms with Crippen LogP contribution in [0.5, 0.6) is 0 Å². The number of rotatable bonds is 3. The van der Waals surface area contributed by atoms with Gasteiger partial charge in [-0.2, -0.15) is 0 Å². The summed E-state index contributed by atoms with van der Waals surface area (Å²) in [4.78, 5) is 14.2. The number of hydrogen-bond donors (Lipinski definition) is 0. The van der Waals surface area contributed by atoms with Crippen molar-refractivity contribution < 1.29 is 14.3 Å². The number of hydrogen-bond acceptors (Lipinski definition) is 3. The average Bonchev–Trinajstić information content (AvgIpc) is 2.59. The van der Waals surface area contributed by atoms with Gasteiger partial charge in [-0.15, -0.1) is 0 Å². The predicted octanol–water partition coefficient (Wildman–Crippen LogP) is 2.81. The number of carbonyl (C=O) groups is 1. The molecule has 1 atom stereocenters. The Labute approximate surface area is 122 Å². The zero-order valence-corrected chi connectivity index (χ0v) is 13.2. The lowest BCUT2D eigenvalue weighted by Gasteiger charge is -2.30. The molecule has 1 amide bonds. The summed E-state index contributed by atoms with van der Waals surface area (Å²) in [5, 5.41) is 0. The van der Waals surface area contributed by atoms with Crippen molar-refractivity contribution >= 4 is 5.91 Å². The Morgan fingerprint density at radius 2 is 1.90 bits per heavy atom. The minimum absolute atomic E-state index is 0.113. The van der Waals surface area contributed by atoms with E-state index >= 15 is 0 Å². The molecule has 116 valence electrons. The van der Waals surface area contributed by atoms with Crippen molar-refractivity contribution in [2.24, 2.45) is 11.3 Å². The lowest BCUT2D eigenvalue weighted by atomic mass is 9.77. The molecule has 0 N–H and O–H groups in total. The fourth-order valence-electron chi connectivity index (χ4n) is 3.10. The lowest BCUT2D eigenvalue weighted by Crippen LogP contribution is -2.35. The number of ether oxygens (including phenoxy) is 2. The van der Waals surface area contributed by atoms with Crippen LogP contribution in [0, 0.1) is 11.3 Å². The maximum atomic E-state index is 12.2. The summed E-state index contributed by atoms with van der Waals surface area (Å²) in [6.45, 7) is 10.0. The minimum atomic E-state index is -0.113. The third kappa shape index (κ3) is 4.45. The molecule has 2 fully saturated rings. The van der Waals surface area contributed by atoms with Crippen LogP contribution >= 0.6 is 0 Å². The topological polar surface area (TPSA) is 38.8 Å². The van der Waals surface area contributed by atoms with Crippen molar-refractivity contribution in [3.8, 4) is 0 Å². The van der Waals surface area contributed by atoms with Gasteiger partial charge >= 0.3 is 0 Å². The second kappa shape index (κ2) is 6.90. The highest BCUT2D eigenvalue weighted by Gasteiger charge is 2.30. The van der Waals surface area contributed by atoms with Gasteiger partial charge < -0.3 is 14.4 Å². The number of nitrogens with zero attached hydrogens (tertiary/aromatic N) is 1. The third-order valence-corrected chi connectivity index (χ3v) is 4.56. The third-order valence-electron chi connectivity index (χ3n) is 4.56. The molecule has 0 bridgehead atoms. The molecule has 2 heterocycles. The Bertz CT molecular complexity index is 318. The Kier molecular flexibility index (Phi) is 5.44. The molecule has 0 aliphatic carbocycles. The highest BCUT2D eigenvalue weighted by Crippen LogP contribution is 2.34. The van der Waals surface area contributed by atoms with E-state index in [4.69, 9.17) is 9.47 Å². The predicted molar refractivity (Wildman–Crippen MR) is 78.3 cm³/mol. The molecule has 0 aromatic carbocycles. The van der Waals surface area contributed by atoms with Gasteiger partial charge in [0, 0.05) is 25.9 Å². The highest BCUT2D eigenvalue weighted by atomic mass is 16.7. The first-order chi connectivity index (χ1) is 9.47. The van der Waals surface area contributed by atoms with Crippen molar-refractivity contribution in [3.05, 3.63) is 0 Å². The van der Waals surface area contributed by atoms with Gasteiger partial charge in [-0.25, -0.2) is 0 Å². The molecule has 0 aromatic heterocycles. The SMILES string of the molecule is CC(C)(C)C1CCC(=O)N(CCC2OCCCO2)CC1. The molecule has 0 aromatic rings. The molecule has 2 saturated heterocycles. The zero-order chi connectivity index (χ0) is 14.6. The van der Waals surface area contributed by atoms with Gasteiger partial charge in [0.05, 0.1) is 13.2 Å². The summed E-state index contributed by atoms with van der Waals surface area (Å²) < 4.78 is 11.1. The van der Waals surface area contributed by atoms with Gasteiger partial charge in [0.2, 0.25) is 5.91 Å². The molecule has 0 spiro atoms. The van der Waals surface area contributed by atoms with Crippen LogP contribution in [0.1, 0.15) is 52.9 Å². The molecule has 2 aliphatic rings. The first kappa shape index (κ1) is 15.8.